The predicted octanol–water partition coefficient (Wildman–Crippen LogP) is 4.68. The fourth-order valence-corrected chi connectivity index (χ4v) is 4.37. The summed E-state index contributed by atoms with van der Waals surface area (Å²) in [6.45, 7) is 0. The number of aromatic nitrogens is 2. The smallest absolute Gasteiger partial charge is 0.244 e. The molecular formula is C20H21N3OS. The lowest BCUT2D eigenvalue weighted by Crippen LogP contribution is -2.34. The van der Waals surface area contributed by atoms with E-state index in [1.807, 2.05) is 36.4 Å². The Balaban J connectivity index is 1.67. The van der Waals surface area contributed by atoms with Gasteiger partial charge in [-0.2, -0.15) is 4.98 Å². The molecule has 2 aromatic carbocycles. The van der Waals surface area contributed by atoms with E-state index in [0.717, 1.165) is 31.2 Å². The summed E-state index contributed by atoms with van der Waals surface area (Å²) >= 11 is 1.71. The van der Waals surface area contributed by atoms with Crippen molar-refractivity contribution in [1.29, 1.82) is 0 Å². The molecule has 1 atom stereocenters. The summed E-state index contributed by atoms with van der Waals surface area (Å²) in [6, 6.07) is 20.6. The van der Waals surface area contributed by atoms with E-state index in [-0.39, 0.29) is 5.25 Å². The quantitative estimate of drug-likeness (QED) is 0.676. The molecule has 25 heavy (non-hydrogen) atoms. The topological polar surface area (TPSA) is 64.9 Å². The van der Waals surface area contributed by atoms with E-state index in [4.69, 9.17) is 15.2 Å². The van der Waals surface area contributed by atoms with E-state index < -0.39 is 5.54 Å². The normalized spacial score (nSPS) is 17.5. The lowest BCUT2D eigenvalue weighted by atomic mass is 9.99. The van der Waals surface area contributed by atoms with Crippen molar-refractivity contribution in [3.63, 3.8) is 0 Å². The molecule has 0 amide bonds. The fraction of sp³-hybridized carbons (Fsp3) is 0.300. The molecule has 1 heterocycles. The summed E-state index contributed by atoms with van der Waals surface area (Å²) in [7, 11) is 0. The fourth-order valence-electron chi connectivity index (χ4n) is 3.30. The second-order valence-electron chi connectivity index (χ2n) is 6.54. The Hall–Kier alpha value is -2.11. The van der Waals surface area contributed by atoms with Gasteiger partial charge in [0.1, 0.15) is 5.25 Å². The molecule has 1 saturated carbocycles. The first-order valence-electron chi connectivity index (χ1n) is 8.64. The van der Waals surface area contributed by atoms with Crippen LogP contribution in [0.2, 0.25) is 0 Å². The van der Waals surface area contributed by atoms with Gasteiger partial charge in [-0.25, -0.2) is 0 Å². The first kappa shape index (κ1) is 16.4. The number of nitrogens with zero attached hydrogens (tertiary/aromatic N) is 2. The molecule has 4 rings (SSSR count). The van der Waals surface area contributed by atoms with Crippen molar-refractivity contribution < 1.29 is 4.52 Å². The number of hydrogen-bond acceptors (Lipinski definition) is 5. The molecule has 0 spiro atoms. The van der Waals surface area contributed by atoms with E-state index in [9.17, 15) is 0 Å². The molecule has 0 radical (unpaired) electrons. The van der Waals surface area contributed by atoms with E-state index >= 15 is 0 Å². The summed E-state index contributed by atoms with van der Waals surface area (Å²) in [4.78, 5) is 5.88. The number of nitrogens with two attached hydrogens (primary N) is 1. The summed E-state index contributed by atoms with van der Waals surface area (Å²) in [5, 5.41) is 4.19. The van der Waals surface area contributed by atoms with Crippen LogP contribution in [0.25, 0.3) is 0 Å². The highest BCUT2D eigenvalue weighted by Gasteiger charge is 2.37. The minimum absolute atomic E-state index is 0.0464. The zero-order valence-electron chi connectivity index (χ0n) is 14.0. The SMILES string of the molecule is NC1(c2noc(C(Sc3ccccc3)c3ccccc3)n2)CCCC1. The monoisotopic (exact) mass is 351 g/mol. The Morgan fingerprint density at radius 3 is 2.28 bits per heavy atom. The van der Waals surface area contributed by atoms with Crippen molar-refractivity contribution in [1.82, 2.24) is 10.1 Å². The van der Waals surface area contributed by atoms with Gasteiger partial charge in [-0.1, -0.05) is 66.5 Å². The Bertz CT molecular complexity index is 813. The third-order valence-electron chi connectivity index (χ3n) is 4.71. The average molecular weight is 351 g/mol. The number of hydrogen-bond donors (Lipinski definition) is 1. The molecule has 4 nitrogen and oxygen atoms in total. The highest BCUT2D eigenvalue weighted by Crippen LogP contribution is 2.41. The Labute approximate surface area is 151 Å². The summed E-state index contributed by atoms with van der Waals surface area (Å²) < 4.78 is 5.67. The molecule has 1 aromatic heterocycles. The highest BCUT2D eigenvalue weighted by atomic mass is 32.2. The summed E-state index contributed by atoms with van der Waals surface area (Å²) in [5.74, 6) is 1.27. The lowest BCUT2D eigenvalue weighted by Gasteiger charge is -2.18. The van der Waals surface area contributed by atoms with Crippen LogP contribution in [0.4, 0.5) is 0 Å². The van der Waals surface area contributed by atoms with Crippen LogP contribution in [0, 0.1) is 0 Å². The second kappa shape index (κ2) is 7.02. The highest BCUT2D eigenvalue weighted by molar-refractivity contribution is 7.99. The molecule has 128 valence electrons. The number of thioether (sulfide) groups is 1. The maximum Gasteiger partial charge on any atom is 0.244 e. The van der Waals surface area contributed by atoms with Gasteiger partial charge in [0, 0.05) is 4.90 Å². The van der Waals surface area contributed by atoms with Gasteiger partial charge >= 0.3 is 0 Å². The van der Waals surface area contributed by atoms with Crippen LogP contribution < -0.4 is 5.73 Å². The molecule has 1 fully saturated rings. The predicted molar refractivity (Wildman–Crippen MR) is 99.2 cm³/mol. The average Bonchev–Trinajstić information content (AvgIpc) is 3.32. The Morgan fingerprint density at radius 2 is 1.60 bits per heavy atom. The molecule has 0 aliphatic heterocycles. The lowest BCUT2D eigenvalue weighted by molar-refractivity contribution is 0.351. The number of rotatable bonds is 5. The van der Waals surface area contributed by atoms with E-state index in [1.54, 1.807) is 11.8 Å². The van der Waals surface area contributed by atoms with Crippen LogP contribution in [0.1, 0.15) is 48.2 Å². The van der Waals surface area contributed by atoms with Crippen molar-refractivity contribution in [3.05, 3.63) is 77.9 Å². The first-order chi connectivity index (χ1) is 12.2. The van der Waals surface area contributed by atoms with Gasteiger partial charge in [0.05, 0.1) is 5.54 Å². The van der Waals surface area contributed by atoms with Gasteiger partial charge in [0.25, 0.3) is 0 Å². The molecular weight excluding hydrogens is 330 g/mol. The molecule has 0 bridgehead atoms. The van der Waals surface area contributed by atoms with Gasteiger partial charge < -0.3 is 10.3 Å². The van der Waals surface area contributed by atoms with E-state index in [1.165, 1.54) is 4.90 Å². The van der Waals surface area contributed by atoms with Crippen LogP contribution in [-0.2, 0) is 5.54 Å². The van der Waals surface area contributed by atoms with Crippen molar-refractivity contribution in [2.24, 2.45) is 5.73 Å². The molecule has 5 heteroatoms. The van der Waals surface area contributed by atoms with Gasteiger partial charge in [0.15, 0.2) is 5.82 Å². The van der Waals surface area contributed by atoms with Gasteiger partial charge in [-0.3, -0.25) is 0 Å². The van der Waals surface area contributed by atoms with Crippen LogP contribution in [0.5, 0.6) is 0 Å². The van der Waals surface area contributed by atoms with Crippen molar-refractivity contribution in [3.8, 4) is 0 Å². The van der Waals surface area contributed by atoms with Crippen LogP contribution in [-0.4, -0.2) is 10.1 Å². The first-order valence-corrected chi connectivity index (χ1v) is 9.52. The van der Waals surface area contributed by atoms with Crippen LogP contribution in [0.3, 0.4) is 0 Å². The number of benzene rings is 2. The standard InChI is InChI=1S/C20H21N3OS/c21-20(13-7-8-14-20)19-22-18(24-23-19)17(15-9-3-1-4-10-15)25-16-11-5-2-6-12-16/h1-6,9-12,17H,7-8,13-14,21H2. The van der Waals surface area contributed by atoms with Gasteiger partial charge in [-0.15, -0.1) is 11.8 Å². The van der Waals surface area contributed by atoms with E-state index in [0.29, 0.717) is 11.7 Å². The molecule has 3 aromatic rings. The zero-order chi connectivity index (χ0) is 17.1. The van der Waals surface area contributed by atoms with Crippen molar-refractivity contribution >= 4 is 11.8 Å². The summed E-state index contributed by atoms with van der Waals surface area (Å²) in [5.41, 5.74) is 7.21. The molecule has 0 saturated heterocycles. The Kier molecular flexibility index (Phi) is 4.59. The van der Waals surface area contributed by atoms with Gasteiger partial charge in [0.2, 0.25) is 5.89 Å². The molecule has 1 aliphatic carbocycles. The van der Waals surface area contributed by atoms with Crippen LogP contribution >= 0.6 is 11.8 Å². The minimum atomic E-state index is -0.430. The third-order valence-corrected chi connectivity index (χ3v) is 5.96. The molecule has 1 unspecified atom stereocenters. The molecule has 1 aliphatic rings. The third kappa shape index (κ3) is 3.48. The second-order valence-corrected chi connectivity index (χ2v) is 7.72. The summed E-state index contributed by atoms with van der Waals surface area (Å²) in [6.07, 6.45) is 4.10. The maximum absolute atomic E-state index is 6.49. The van der Waals surface area contributed by atoms with Crippen LogP contribution in [0.15, 0.2) is 70.1 Å². The Morgan fingerprint density at radius 1 is 0.960 bits per heavy atom. The minimum Gasteiger partial charge on any atom is -0.338 e. The zero-order valence-corrected chi connectivity index (χ0v) is 14.8. The molecule has 2 N–H and O–H groups in total. The maximum atomic E-state index is 6.49. The van der Waals surface area contributed by atoms with Crippen molar-refractivity contribution in [2.45, 2.75) is 41.4 Å². The van der Waals surface area contributed by atoms with Gasteiger partial charge in [-0.05, 0) is 30.5 Å². The van der Waals surface area contributed by atoms with Crippen molar-refractivity contribution in [2.75, 3.05) is 0 Å². The largest absolute Gasteiger partial charge is 0.338 e. The van der Waals surface area contributed by atoms with E-state index in [2.05, 4.69) is 29.4 Å².